The zero-order chi connectivity index (χ0) is 17.0. The molecule has 0 aliphatic carbocycles. The summed E-state index contributed by atoms with van der Waals surface area (Å²) in [5.74, 6) is -1.88. The number of carbonyl (C=O) groups excluding carboxylic acids is 3. The predicted octanol–water partition coefficient (Wildman–Crippen LogP) is 0.756. The third-order valence-corrected chi connectivity index (χ3v) is 6.13. The number of ether oxygens (including phenoxy) is 2. The second-order valence-electron chi connectivity index (χ2n) is 4.04. The summed E-state index contributed by atoms with van der Waals surface area (Å²) in [6.07, 6.45) is 0.467. The highest BCUT2D eigenvalue weighted by Gasteiger charge is 2.19. The van der Waals surface area contributed by atoms with Gasteiger partial charge in [0.15, 0.2) is 11.8 Å². The normalized spacial score (nSPS) is 12.2. The first kappa shape index (κ1) is 21.2. The van der Waals surface area contributed by atoms with Gasteiger partial charge in [-0.25, -0.2) is 0 Å². The molecule has 0 aromatic heterocycles. The molecule has 0 bridgehead atoms. The number of amides is 2. The van der Waals surface area contributed by atoms with Crippen LogP contribution in [0.1, 0.15) is 20.8 Å². The molecule has 0 saturated heterocycles. The van der Waals surface area contributed by atoms with Crippen molar-refractivity contribution in [1.82, 2.24) is 10.6 Å². The summed E-state index contributed by atoms with van der Waals surface area (Å²) >= 11 is 6.51. The molecule has 2 atom stereocenters. The molecule has 0 fully saturated rings. The molecule has 0 aliphatic heterocycles. The highest BCUT2D eigenvalue weighted by Crippen LogP contribution is 2.37. The second kappa shape index (κ2) is 12.8. The van der Waals surface area contributed by atoms with E-state index in [0.29, 0.717) is 13.0 Å². The Hall–Kier alpha value is -0.760. The zero-order valence-electron chi connectivity index (χ0n) is 12.9. The van der Waals surface area contributed by atoms with Crippen LogP contribution in [0.5, 0.6) is 0 Å². The van der Waals surface area contributed by atoms with E-state index in [9.17, 15) is 14.4 Å². The molecule has 2 N–H and O–H groups in total. The molecule has 0 aliphatic rings. The van der Waals surface area contributed by atoms with E-state index in [0.717, 1.165) is 0 Å². The van der Waals surface area contributed by atoms with Crippen molar-refractivity contribution >= 4 is 46.9 Å². The SMILES string of the molecule is CCOC[P+](=S)SCC(=O)N[C@@H](C)C(=O)NCC(=O)OCC. The van der Waals surface area contributed by atoms with Crippen molar-refractivity contribution in [2.75, 3.05) is 31.9 Å². The van der Waals surface area contributed by atoms with Crippen LogP contribution in [0.3, 0.4) is 0 Å². The lowest BCUT2D eigenvalue weighted by molar-refractivity contribution is -0.143. The number of hydrogen-bond donors (Lipinski definition) is 2. The maximum absolute atomic E-state index is 11.7. The van der Waals surface area contributed by atoms with Gasteiger partial charge in [-0.05, 0) is 20.8 Å². The molecule has 1 unspecified atom stereocenters. The van der Waals surface area contributed by atoms with Crippen LogP contribution >= 0.6 is 17.3 Å². The van der Waals surface area contributed by atoms with Gasteiger partial charge >= 0.3 is 5.97 Å². The fourth-order valence-electron chi connectivity index (χ4n) is 1.21. The van der Waals surface area contributed by atoms with Crippen molar-refractivity contribution in [3.05, 3.63) is 0 Å². The van der Waals surface area contributed by atoms with Crippen molar-refractivity contribution in [2.24, 2.45) is 0 Å². The topological polar surface area (TPSA) is 93.7 Å². The third-order valence-electron chi connectivity index (χ3n) is 2.22. The molecule has 22 heavy (non-hydrogen) atoms. The number of carbonyl (C=O) groups is 3. The van der Waals surface area contributed by atoms with Gasteiger partial charge in [0.1, 0.15) is 29.7 Å². The lowest BCUT2D eigenvalue weighted by Crippen LogP contribution is -2.46. The summed E-state index contributed by atoms with van der Waals surface area (Å²) < 4.78 is 9.87. The molecular formula is C12H22N2O5PS2+. The molecule has 0 spiro atoms. The minimum absolute atomic E-state index is 0.178. The molecule has 126 valence electrons. The minimum atomic E-state index is -0.824. The Morgan fingerprint density at radius 3 is 2.55 bits per heavy atom. The Labute approximate surface area is 140 Å². The largest absolute Gasteiger partial charge is 0.465 e. The van der Waals surface area contributed by atoms with E-state index in [4.69, 9.17) is 16.5 Å². The van der Waals surface area contributed by atoms with Gasteiger partial charge in [0.2, 0.25) is 18.2 Å². The fourth-order valence-corrected chi connectivity index (χ4v) is 3.89. The average Bonchev–Trinajstić information content (AvgIpc) is 2.48. The molecule has 10 heteroatoms. The van der Waals surface area contributed by atoms with E-state index in [1.807, 2.05) is 6.92 Å². The van der Waals surface area contributed by atoms with E-state index in [2.05, 4.69) is 15.4 Å². The molecule has 0 aromatic rings. The van der Waals surface area contributed by atoms with Gasteiger partial charge in [0, 0.05) is 6.61 Å². The van der Waals surface area contributed by atoms with Crippen molar-refractivity contribution in [2.45, 2.75) is 26.8 Å². The maximum atomic E-state index is 11.7. The number of rotatable bonds is 11. The maximum Gasteiger partial charge on any atom is 0.325 e. The predicted molar refractivity (Wildman–Crippen MR) is 90.5 cm³/mol. The van der Waals surface area contributed by atoms with Crippen LogP contribution in [0.4, 0.5) is 0 Å². The average molecular weight is 369 g/mol. The first-order valence-corrected chi connectivity index (χ1v) is 10.9. The van der Waals surface area contributed by atoms with E-state index in [1.54, 1.807) is 13.8 Å². The van der Waals surface area contributed by atoms with Crippen LogP contribution in [0.15, 0.2) is 0 Å². The van der Waals surface area contributed by atoms with Crippen LogP contribution in [0.25, 0.3) is 0 Å². The van der Waals surface area contributed by atoms with Crippen LogP contribution < -0.4 is 10.6 Å². The summed E-state index contributed by atoms with van der Waals surface area (Å²) in [7, 11) is 0. The van der Waals surface area contributed by atoms with Crippen molar-refractivity contribution in [1.29, 1.82) is 0 Å². The Balaban J connectivity index is 3.95. The van der Waals surface area contributed by atoms with Crippen LogP contribution in [-0.4, -0.2) is 55.7 Å². The highest BCUT2D eigenvalue weighted by molar-refractivity contribution is 8.64. The van der Waals surface area contributed by atoms with E-state index >= 15 is 0 Å². The Morgan fingerprint density at radius 1 is 1.27 bits per heavy atom. The number of nitrogens with one attached hydrogen (secondary N) is 2. The molecular weight excluding hydrogens is 347 g/mol. The molecule has 0 radical (unpaired) electrons. The summed E-state index contributed by atoms with van der Waals surface area (Å²) in [5, 5.41) is 4.94. The Kier molecular flexibility index (Phi) is 12.3. The van der Waals surface area contributed by atoms with Crippen LogP contribution in [-0.2, 0) is 35.7 Å². The van der Waals surface area contributed by atoms with Crippen LogP contribution in [0.2, 0.25) is 0 Å². The van der Waals surface area contributed by atoms with Gasteiger partial charge in [-0.15, -0.1) is 0 Å². The monoisotopic (exact) mass is 369 g/mol. The molecule has 0 rings (SSSR count). The standard InChI is InChI=1S/C12H21N2O5PS2/c1-4-18-8-20(21)22-7-10(15)14-9(3)12(17)13-6-11(16)19-5-2/h9H,4-8H2,1-3H3,(H-,13,14,15,17)/p+1/t9-/m0/s1. The van der Waals surface area contributed by atoms with Crippen molar-refractivity contribution in [3.63, 3.8) is 0 Å². The van der Waals surface area contributed by atoms with Crippen molar-refractivity contribution < 1.29 is 23.9 Å². The first-order chi connectivity index (χ1) is 10.4. The Bertz CT molecular complexity index is 409. The van der Waals surface area contributed by atoms with Gasteiger partial charge < -0.3 is 20.1 Å². The molecule has 7 nitrogen and oxygen atoms in total. The minimum Gasteiger partial charge on any atom is -0.465 e. The summed E-state index contributed by atoms with van der Waals surface area (Å²) in [4.78, 5) is 34.5. The van der Waals surface area contributed by atoms with Gasteiger partial charge in [-0.3, -0.25) is 14.4 Å². The number of esters is 1. The molecule has 0 saturated carbocycles. The molecule has 2 amide bonds. The van der Waals surface area contributed by atoms with E-state index in [1.165, 1.54) is 11.4 Å². The van der Waals surface area contributed by atoms with E-state index < -0.39 is 23.8 Å². The van der Waals surface area contributed by atoms with E-state index in [-0.39, 0.29) is 24.8 Å². The van der Waals surface area contributed by atoms with Gasteiger partial charge in [0.05, 0.1) is 6.61 Å². The quantitative estimate of drug-likeness (QED) is 0.410. The highest BCUT2D eigenvalue weighted by atomic mass is 32.9. The fraction of sp³-hybridized carbons (Fsp3) is 0.750. The van der Waals surface area contributed by atoms with Crippen LogP contribution in [0, 0.1) is 0 Å². The molecule has 0 aromatic carbocycles. The second-order valence-corrected chi connectivity index (χ2v) is 9.62. The lowest BCUT2D eigenvalue weighted by atomic mass is 10.3. The van der Waals surface area contributed by atoms with Gasteiger partial charge in [-0.1, -0.05) is 0 Å². The summed E-state index contributed by atoms with van der Waals surface area (Å²) in [6, 6.07) is -0.731. The zero-order valence-corrected chi connectivity index (χ0v) is 15.4. The van der Waals surface area contributed by atoms with Gasteiger partial charge in [0.25, 0.3) is 5.90 Å². The number of hydrogen-bond acceptors (Lipinski definition) is 7. The third kappa shape index (κ3) is 10.9. The summed E-state index contributed by atoms with van der Waals surface area (Å²) in [5.41, 5.74) is 0. The van der Waals surface area contributed by atoms with Gasteiger partial charge in [-0.2, -0.15) is 0 Å². The van der Waals surface area contributed by atoms with Crippen molar-refractivity contribution in [3.8, 4) is 0 Å². The first-order valence-electron chi connectivity index (χ1n) is 6.78. The Morgan fingerprint density at radius 2 is 1.95 bits per heavy atom. The smallest absolute Gasteiger partial charge is 0.325 e. The summed E-state index contributed by atoms with van der Waals surface area (Å²) in [6.45, 7) is 5.74. The lowest BCUT2D eigenvalue weighted by Gasteiger charge is -2.12. The molecule has 0 heterocycles.